The zero-order valence-corrected chi connectivity index (χ0v) is 9.44. The molecule has 4 heteroatoms. The molecule has 0 spiro atoms. The number of esters is 1. The molecule has 0 aliphatic rings. The number of hydrogen-bond donors (Lipinski definition) is 0. The van der Waals surface area contributed by atoms with Crippen LogP contribution < -0.4 is 9.47 Å². The van der Waals surface area contributed by atoms with E-state index in [0.717, 1.165) is 0 Å². The van der Waals surface area contributed by atoms with Gasteiger partial charge in [-0.3, -0.25) is 0 Å². The van der Waals surface area contributed by atoms with Gasteiger partial charge in [-0.2, -0.15) is 0 Å². The van der Waals surface area contributed by atoms with E-state index in [2.05, 4.69) is 10.8 Å². The van der Waals surface area contributed by atoms with Crippen LogP contribution in [0, 0.1) is 6.07 Å². The fraction of sp³-hybridized carbons (Fsp3) is 0.250. The highest BCUT2D eigenvalue weighted by Crippen LogP contribution is 2.31. The average molecular weight is 221 g/mol. The summed E-state index contributed by atoms with van der Waals surface area (Å²) in [4.78, 5) is 10.9. The highest BCUT2D eigenvalue weighted by Gasteiger charge is 2.07. The first-order chi connectivity index (χ1) is 7.72. The molecule has 85 valence electrons. The Labute approximate surface area is 94.4 Å². The molecule has 1 aromatic carbocycles. The van der Waals surface area contributed by atoms with Crippen LogP contribution in [0.25, 0.3) is 6.08 Å². The highest BCUT2D eigenvalue weighted by atomic mass is 16.5. The van der Waals surface area contributed by atoms with Gasteiger partial charge >= 0.3 is 5.97 Å². The van der Waals surface area contributed by atoms with Gasteiger partial charge in [0.05, 0.1) is 21.3 Å². The second-order valence-corrected chi connectivity index (χ2v) is 2.87. The van der Waals surface area contributed by atoms with E-state index in [0.29, 0.717) is 17.1 Å². The third-order valence-corrected chi connectivity index (χ3v) is 1.96. The molecule has 1 radical (unpaired) electrons. The smallest absolute Gasteiger partial charge is 0.330 e. The van der Waals surface area contributed by atoms with Crippen LogP contribution >= 0.6 is 0 Å². The topological polar surface area (TPSA) is 44.8 Å². The summed E-state index contributed by atoms with van der Waals surface area (Å²) in [7, 11) is 4.40. The molecular formula is C12H13O4. The predicted octanol–water partition coefficient (Wildman–Crippen LogP) is 1.69. The van der Waals surface area contributed by atoms with E-state index in [-0.39, 0.29) is 0 Å². The van der Waals surface area contributed by atoms with Crippen LogP contribution in [-0.4, -0.2) is 27.3 Å². The van der Waals surface area contributed by atoms with Gasteiger partial charge < -0.3 is 14.2 Å². The minimum atomic E-state index is -0.426. The van der Waals surface area contributed by atoms with E-state index in [1.165, 1.54) is 20.3 Å². The Morgan fingerprint density at radius 3 is 2.56 bits per heavy atom. The highest BCUT2D eigenvalue weighted by molar-refractivity contribution is 5.87. The molecule has 0 saturated heterocycles. The van der Waals surface area contributed by atoms with Gasteiger partial charge in [-0.05, 0) is 24.3 Å². The third-order valence-electron chi connectivity index (χ3n) is 1.96. The summed E-state index contributed by atoms with van der Waals surface area (Å²) in [6.07, 6.45) is 2.90. The Morgan fingerprint density at radius 2 is 2.00 bits per heavy atom. The lowest BCUT2D eigenvalue weighted by molar-refractivity contribution is -0.134. The molecule has 0 aromatic heterocycles. The molecule has 1 rings (SSSR count). The van der Waals surface area contributed by atoms with Gasteiger partial charge in [0.1, 0.15) is 0 Å². The van der Waals surface area contributed by atoms with Crippen molar-refractivity contribution in [2.75, 3.05) is 21.3 Å². The van der Waals surface area contributed by atoms with Gasteiger partial charge in [0, 0.05) is 11.6 Å². The van der Waals surface area contributed by atoms with E-state index in [9.17, 15) is 4.79 Å². The van der Waals surface area contributed by atoms with Crippen molar-refractivity contribution in [3.05, 3.63) is 29.8 Å². The Hall–Kier alpha value is -1.97. The van der Waals surface area contributed by atoms with Crippen molar-refractivity contribution >= 4 is 12.0 Å². The largest absolute Gasteiger partial charge is 0.493 e. The number of hydrogen-bond acceptors (Lipinski definition) is 4. The number of methoxy groups -OCH3 is 3. The van der Waals surface area contributed by atoms with Crippen LogP contribution in [-0.2, 0) is 9.53 Å². The van der Waals surface area contributed by atoms with Gasteiger partial charge in [-0.15, -0.1) is 0 Å². The number of carbonyl (C=O) groups excluding carboxylic acids is 1. The first-order valence-corrected chi connectivity index (χ1v) is 4.61. The standard InChI is InChI=1S/C12H13O4/c1-14-10-6-4-5-9(12(10)16-3)7-8-11(13)15-2/h5-8H,1-3H3/b8-7+. The van der Waals surface area contributed by atoms with Crippen LogP contribution in [0.1, 0.15) is 5.56 Å². The molecule has 0 bridgehead atoms. The number of rotatable bonds is 4. The molecule has 0 fully saturated rings. The average Bonchev–Trinajstić information content (AvgIpc) is 2.34. The minimum Gasteiger partial charge on any atom is -0.493 e. The summed E-state index contributed by atoms with van der Waals surface area (Å²) < 4.78 is 14.8. The Morgan fingerprint density at radius 1 is 1.25 bits per heavy atom. The van der Waals surface area contributed by atoms with Crippen molar-refractivity contribution in [1.29, 1.82) is 0 Å². The fourth-order valence-electron chi connectivity index (χ4n) is 1.20. The van der Waals surface area contributed by atoms with Crippen molar-refractivity contribution in [3.63, 3.8) is 0 Å². The summed E-state index contributed by atoms with van der Waals surface area (Å²) in [6.45, 7) is 0. The Bertz CT molecular complexity index is 396. The molecule has 0 aliphatic heterocycles. The van der Waals surface area contributed by atoms with Crippen molar-refractivity contribution in [2.45, 2.75) is 0 Å². The zero-order valence-electron chi connectivity index (χ0n) is 9.44. The van der Waals surface area contributed by atoms with E-state index >= 15 is 0 Å². The lowest BCUT2D eigenvalue weighted by atomic mass is 10.1. The van der Waals surface area contributed by atoms with Crippen molar-refractivity contribution in [2.24, 2.45) is 0 Å². The molecule has 0 unspecified atom stereocenters. The van der Waals surface area contributed by atoms with Crippen LogP contribution in [0.2, 0.25) is 0 Å². The molecule has 0 amide bonds. The van der Waals surface area contributed by atoms with Gasteiger partial charge in [-0.25, -0.2) is 4.79 Å². The monoisotopic (exact) mass is 221 g/mol. The molecule has 0 aliphatic carbocycles. The van der Waals surface area contributed by atoms with Gasteiger partial charge in [0.15, 0.2) is 11.5 Å². The van der Waals surface area contributed by atoms with Crippen molar-refractivity contribution in [3.8, 4) is 11.5 Å². The van der Waals surface area contributed by atoms with Crippen molar-refractivity contribution < 1.29 is 19.0 Å². The Balaban J connectivity index is 3.04. The second-order valence-electron chi connectivity index (χ2n) is 2.87. The molecule has 0 heterocycles. The summed E-state index contributed by atoms with van der Waals surface area (Å²) in [5, 5.41) is 0. The first kappa shape index (κ1) is 12.1. The van der Waals surface area contributed by atoms with E-state index in [4.69, 9.17) is 9.47 Å². The number of benzene rings is 1. The molecule has 16 heavy (non-hydrogen) atoms. The number of carbonyl (C=O) groups is 1. The summed E-state index contributed by atoms with van der Waals surface area (Å²) in [5.74, 6) is 0.695. The molecular weight excluding hydrogens is 208 g/mol. The molecule has 4 nitrogen and oxygen atoms in total. The molecule has 0 N–H and O–H groups in total. The SMILES string of the molecule is COC(=O)/C=C/c1c[c]cc(OC)c1OC. The van der Waals surface area contributed by atoms with E-state index < -0.39 is 5.97 Å². The minimum absolute atomic E-state index is 0.426. The fourth-order valence-corrected chi connectivity index (χ4v) is 1.20. The maximum absolute atomic E-state index is 10.9. The van der Waals surface area contributed by atoms with Gasteiger partial charge in [0.2, 0.25) is 0 Å². The summed E-state index contributed by atoms with van der Waals surface area (Å²) in [6, 6.07) is 6.24. The first-order valence-electron chi connectivity index (χ1n) is 4.61. The van der Waals surface area contributed by atoms with Crippen LogP contribution in [0.15, 0.2) is 18.2 Å². The van der Waals surface area contributed by atoms with Crippen LogP contribution in [0.3, 0.4) is 0 Å². The van der Waals surface area contributed by atoms with Crippen molar-refractivity contribution in [1.82, 2.24) is 0 Å². The van der Waals surface area contributed by atoms with E-state index in [1.54, 1.807) is 25.3 Å². The van der Waals surface area contributed by atoms with Crippen LogP contribution in [0.4, 0.5) is 0 Å². The quantitative estimate of drug-likeness (QED) is 0.573. The van der Waals surface area contributed by atoms with E-state index in [1.807, 2.05) is 0 Å². The summed E-state index contributed by atoms with van der Waals surface area (Å²) >= 11 is 0. The maximum atomic E-state index is 10.9. The zero-order chi connectivity index (χ0) is 12.0. The predicted molar refractivity (Wildman–Crippen MR) is 59.4 cm³/mol. The van der Waals surface area contributed by atoms with Gasteiger partial charge in [-0.1, -0.05) is 0 Å². The normalized spacial score (nSPS) is 10.2. The molecule has 1 aromatic rings. The maximum Gasteiger partial charge on any atom is 0.330 e. The Kier molecular flexibility index (Phi) is 4.39. The summed E-state index contributed by atoms with van der Waals surface area (Å²) in [5.41, 5.74) is 0.701. The van der Waals surface area contributed by atoms with Gasteiger partial charge in [0.25, 0.3) is 0 Å². The molecule has 0 saturated carbocycles. The number of ether oxygens (including phenoxy) is 3. The molecule has 0 atom stereocenters. The lowest BCUT2D eigenvalue weighted by Crippen LogP contribution is -1.95. The second kappa shape index (κ2) is 5.80. The van der Waals surface area contributed by atoms with Crippen LogP contribution in [0.5, 0.6) is 11.5 Å². The lowest BCUT2D eigenvalue weighted by Gasteiger charge is -2.09. The third kappa shape index (κ3) is 2.76.